The van der Waals surface area contributed by atoms with Gasteiger partial charge in [-0.05, 0) is 53.9 Å². The monoisotopic (exact) mass is 289 g/mol. The molecule has 106 valence electrons. The second-order valence-electron chi connectivity index (χ2n) is 4.71. The largest absolute Gasteiger partial charge is 0.497 e. The molecule has 0 aliphatic heterocycles. The summed E-state index contributed by atoms with van der Waals surface area (Å²) in [5, 5.41) is 4.20. The average Bonchev–Trinajstić information content (AvgIpc) is 2.48. The topological polar surface area (TPSA) is 21.3 Å². The zero-order valence-corrected chi connectivity index (χ0v) is 12.7. The van der Waals surface area contributed by atoms with Crippen LogP contribution >= 0.6 is 11.6 Å². The van der Waals surface area contributed by atoms with Crippen LogP contribution in [0, 0.1) is 0 Å². The molecule has 0 atom stereocenters. The van der Waals surface area contributed by atoms with Crippen LogP contribution in [0.3, 0.4) is 0 Å². The van der Waals surface area contributed by atoms with Gasteiger partial charge in [-0.2, -0.15) is 0 Å². The van der Waals surface area contributed by atoms with Crippen molar-refractivity contribution in [3.05, 3.63) is 53.1 Å². The number of rotatable bonds is 6. The van der Waals surface area contributed by atoms with Gasteiger partial charge in [0.05, 0.1) is 7.11 Å². The first kappa shape index (κ1) is 14.9. The van der Waals surface area contributed by atoms with E-state index >= 15 is 0 Å². The number of halogens is 1. The summed E-state index contributed by atoms with van der Waals surface area (Å²) in [5.41, 5.74) is 3.60. The number of hydrogen-bond acceptors (Lipinski definition) is 2. The van der Waals surface area contributed by atoms with E-state index in [4.69, 9.17) is 16.3 Å². The third-order valence-corrected chi connectivity index (χ3v) is 3.45. The molecule has 0 saturated carbocycles. The molecule has 2 aromatic rings. The van der Waals surface area contributed by atoms with Crippen LogP contribution in [-0.4, -0.2) is 13.7 Å². The van der Waals surface area contributed by atoms with E-state index in [-0.39, 0.29) is 0 Å². The summed E-state index contributed by atoms with van der Waals surface area (Å²) in [7, 11) is 1.68. The first-order chi connectivity index (χ1) is 9.74. The highest BCUT2D eigenvalue weighted by Crippen LogP contribution is 2.28. The standard InChI is InChI=1S/C17H20ClNO/c1-3-10-19-12-14-11-15(18)6-9-17(14)13-4-7-16(20-2)8-5-13/h4-9,11,19H,3,10,12H2,1-2H3. The second kappa shape index (κ2) is 7.32. The maximum Gasteiger partial charge on any atom is 0.118 e. The van der Waals surface area contributed by atoms with Crippen LogP contribution in [0.25, 0.3) is 11.1 Å². The van der Waals surface area contributed by atoms with Crippen LogP contribution in [0.5, 0.6) is 5.75 Å². The van der Waals surface area contributed by atoms with E-state index < -0.39 is 0 Å². The zero-order valence-electron chi connectivity index (χ0n) is 11.9. The van der Waals surface area contributed by atoms with Gasteiger partial charge in [-0.25, -0.2) is 0 Å². The molecule has 0 fully saturated rings. The molecule has 0 spiro atoms. The van der Waals surface area contributed by atoms with E-state index in [1.54, 1.807) is 7.11 Å². The zero-order chi connectivity index (χ0) is 14.4. The van der Waals surface area contributed by atoms with E-state index in [9.17, 15) is 0 Å². The van der Waals surface area contributed by atoms with Gasteiger partial charge in [0.2, 0.25) is 0 Å². The van der Waals surface area contributed by atoms with Gasteiger partial charge in [-0.1, -0.05) is 36.7 Å². The molecule has 0 radical (unpaired) electrons. The number of methoxy groups -OCH3 is 1. The highest BCUT2D eigenvalue weighted by Gasteiger charge is 2.06. The Morgan fingerprint density at radius 3 is 2.50 bits per heavy atom. The van der Waals surface area contributed by atoms with Crippen molar-refractivity contribution in [2.75, 3.05) is 13.7 Å². The molecule has 0 amide bonds. The van der Waals surface area contributed by atoms with Gasteiger partial charge < -0.3 is 10.1 Å². The van der Waals surface area contributed by atoms with Crippen molar-refractivity contribution < 1.29 is 4.74 Å². The maximum atomic E-state index is 6.12. The maximum absolute atomic E-state index is 6.12. The molecule has 0 unspecified atom stereocenters. The minimum absolute atomic E-state index is 0.774. The normalized spacial score (nSPS) is 10.6. The summed E-state index contributed by atoms with van der Waals surface area (Å²) < 4.78 is 5.20. The van der Waals surface area contributed by atoms with E-state index in [0.717, 1.165) is 30.3 Å². The molecule has 0 saturated heterocycles. The van der Waals surface area contributed by atoms with Crippen LogP contribution in [-0.2, 0) is 6.54 Å². The Labute approximate surface area is 125 Å². The lowest BCUT2D eigenvalue weighted by Gasteiger charge is -2.12. The fourth-order valence-corrected chi connectivity index (χ4v) is 2.36. The molecule has 1 N–H and O–H groups in total. The van der Waals surface area contributed by atoms with Crippen LogP contribution < -0.4 is 10.1 Å². The third kappa shape index (κ3) is 3.75. The van der Waals surface area contributed by atoms with E-state index in [1.165, 1.54) is 16.7 Å². The van der Waals surface area contributed by atoms with Gasteiger partial charge in [0.1, 0.15) is 5.75 Å². The first-order valence-corrected chi connectivity index (χ1v) is 7.26. The highest BCUT2D eigenvalue weighted by molar-refractivity contribution is 6.30. The molecule has 0 aliphatic rings. The molecule has 20 heavy (non-hydrogen) atoms. The predicted octanol–water partition coefficient (Wildman–Crippen LogP) is 4.52. The van der Waals surface area contributed by atoms with Crippen LogP contribution in [0.15, 0.2) is 42.5 Å². The van der Waals surface area contributed by atoms with Crippen molar-refractivity contribution in [1.29, 1.82) is 0 Å². The number of nitrogens with one attached hydrogen (secondary N) is 1. The fourth-order valence-electron chi connectivity index (χ4n) is 2.16. The Morgan fingerprint density at radius 2 is 1.85 bits per heavy atom. The van der Waals surface area contributed by atoms with Gasteiger partial charge in [0.25, 0.3) is 0 Å². The SMILES string of the molecule is CCCNCc1cc(Cl)ccc1-c1ccc(OC)cc1. The van der Waals surface area contributed by atoms with Crippen molar-refractivity contribution in [2.45, 2.75) is 19.9 Å². The number of hydrogen-bond donors (Lipinski definition) is 1. The van der Waals surface area contributed by atoms with Gasteiger partial charge >= 0.3 is 0 Å². The van der Waals surface area contributed by atoms with Gasteiger partial charge in [-0.3, -0.25) is 0 Å². The van der Waals surface area contributed by atoms with Crippen molar-refractivity contribution in [1.82, 2.24) is 5.32 Å². The minimum atomic E-state index is 0.774. The molecule has 0 aliphatic carbocycles. The summed E-state index contributed by atoms with van der Waals surface area (Å²) in [6.07, 6.45) is 1.12. The smallest absolute Gasteiger partial charge is 0.118 e. The molecule has 2 nitrogen and oxygen atoms in total. The Kier molecular flexibility index (Phi) is 5.45. The van der Waals surface area contributed by atoms with Crippen molar-refractivity contribution in [2.24, 2.45) is 0 Å². The Hall–Kier alpha value is -1.51. The van der Waals surface area contributed by atoms with Crippen molar-refractivity contribution in [3.63, 3.8) is 0 Å². The summed E-state index contributed by atoms with van der Waals surface area (Å²) >= 11 is 6.12. The summed E-state index contributed by atoms with van der Waals surface area (Å²) in [6.45, 7) is 4.00. The van der Waals surface area contributed by atoms with Crippen LogP contribution in [0.2, 0.25) is 5.02 Å². The van der Waals surface area contributed by atoms with Crippen LogP contribution in [0.4, 0.5) is 0 Å². The summed E-state index contributed by atoms with van der Waals surface area (Å²) in [4.78, 5) is 0. The Morgan fingerprint density at radius 1 is 1.10 bits per heavy atom. The average molecular weight is 290 g/mol. The van der Waals surface area contributed by atoms with Crippen LogP contribution in [0.1, 0.15) is 18.9 Å². The molecule has 0 heterocycles. The fraction of sp³-hybridized carbons (Fsp3) is 0.294. The summed E-state index contributed by atoms with van der Waals surface area (Å²) in [6, 6.07) is 14.2. The van der Waals surface area contributed by atoms with Crippen molar-refractivity contribution >= 4 is 11.6 Å². The lowest BCUT2D eigenvalue weighted by molar-refractivity contribution is 0.415. The molecule has 0 aromatic heterocycles. The second-order valence-corrected chi connectivity index (χ2v) is 5.14. The lowest BCUT2D eigenvalue weighted by atomic mass is 9.99. The minimum Gasteiger partial charge on any atom is -0.497 e. The van der Waals surface area contributed by atoms with E-state index in [2.05, 4.69) is 30.4 Å². The number of benzene rings is 2. The van der Waals surface area contributed by atoms with Gasteiger partial charge in [-0.15, -0.1) is 0 Å². The van der Waals surface area contributed by atoms with Crippen molar-refractivity contribution in [3.8, 4) is 16.9 Å². The molecule has 2 aromatic carbocycles. The summed E-state index contributed by atoms with van der Waals surface area (Å²) in [5.74, 6) is 0.869. The van der Waals surface area contributed by atoms with Gasteiger partial charge in [0.15, 0.2) is 0 Å². The molecular weight excluding hydrogens is 270 g/mol. The molecule has 3 heteroatoms. The van der Waals surface area contributed by atoms with E-state index in [1.807, 2.05) is 24.3 Å². The highest BCUT2D eigenvalue weighted by atomic mass is 35.5. The quantitative estimate of drug-likeness (QED) is 0.790. The number of ether oxygens (including phenoxy) is 1. The first-order valence-electron chi connectivity index (χ1n) is 6.88. The molecule has 2 rings (SSSR count). The third-order valence-electron chi connectivity index (χ3n) is 3.21. The van der Waals surface area contributed by atoms with E-state index in [0.29, 0.717) is 0 Å². The lowest BCUT2D eigenvalue weighted by Crippen LogP contribution is -2.14. The Balaban J connectivity index is 2.28. The predicted molar refractivity (Wildman–Crippen MR) is 85.4 cm³/mol. The molecule has 0 bridgehead atoms. The molecular formula is C17H20ClNO. The van der Waals surface area contributed by atoms with Gasteiger partial charge in [0, 0.05) is 11.6 Å². The Bertz CT molecular complexity index is 551.